The first-order valence-corrected chi connectivity index (χ1v) is 24.3. The molecule has 0 radical (unpaired) electrons. The highest BCUT2D eigenvalue weighted by Crippen LogP contribution is 2.47. The summed E-state index contributed by atoms with van der Waals surface area (Å²) in [5.41, 5.74) is -2.29. The maximum Gasteiger partial charge on any atom is 0.255 e. The van der Waals surface area contributed by atoms with Gasteiger partial charge in [0.25, 0.3) is 6.33 Å². The molecular formula is C68H54N5O+. The van der Waals surface area contributed by atoms with Crippen LogP contribution in [0.1, 0.15) is 75.8 Å². The number of hydrogen-bond donors (Lipinski definition) is 0. The third kappa shape index (κ3) is 6.78. The molecule has 1 aliphatic rings. The molecule has 0 fully saturated rings. The average Bonchev–Trinajstić information content (AvgIpc) is 1.52. The number of aromatic nitrogens is 5. The van der Waals surface area contributed by atoms with E-state index in [4.69, 9.17) is 11.1 Å². The Labute approximate surface area is 454 Å². The maximum absolute atomic E-state index is 10.0. The van der Waals surface area contributed by atoms with Gasteiger partial charge in [0.1, 0.15) is 28.7 Å². The number of para-hydroxylation sites is 4. The van der Waals surface area contributed by atoms with Crippen molar-refractivity contribution in [2.75, 3.05) is 0 Å². The van der Waals surface area contributed by atoms with Crippen LogP contribution in [0.3, 0.4) is 0 Å². The molecule has 0 amide bonds. The van der Waals surface area contributed by atoms with E-state index in [2.05, 4.69) is 37.5 Å². The average molecular weight is 974 g/mol. The van der Waals surface area contributed by atoms with Gasteiger partial charge in [-0.25, -0.2) is 4.98 Å². The van der Waals surface area contributed by atoms with Crippen molar-refractivity contribution in [2.24, 2.45) is 0 Å². The van der Waals surface area contributed by atoms with E-state index in [0.717, 1.165) is 27.4 Å². The standard InChI is InChI=1S/C68H54N5O/c1-67(2,3)43-35-36-69-64(37-43)73-61-31-16-13-27-54(61)55-34-33-47(41-63(55)73)74-46-20-17-19-44(38-46)70-42-71-65-57(51-24-10-8-22-49(51)48-21-7-9-23-50(48)56-28-18-32-62(70)66(56)71)39-45(40-58(65)68(4,5)6)72-59-29-14-11-25-52(59)53-26-12-15-30-60(53)72/h7-42H,1-6H3/q+1/i4D3,5D3,6D3,7D,8D,9D,10D,21D,22D,23D,24D. The summed E-state index contributed by atoms with van der Waals surface area (Å²) in [7, 11) is 0. The third-order valence-electron chi connectivity index (χ3n) is 14.3. The first-order valence-electron chi connectivity index (χ1n) is 32.8. The lowest BCUT2D eigenvalue weighted by Crippen LogP contribution is -2.34. The van der Waals surface area contributed by atoms with E-state index in [9.17, 15) is 21.9 Å². The van der Waals surface area contributed by atoms with Crippen LogP contribution in [0.25, 0.3) is 111 Å². The molecule has 14 rings (SSSR count). The summed E-state index contributed by atoms with van der Waals surface area (Å²) >= 11 is 0. The molecule has 6 nitrogen and oxygen atoms in total. The van der Waals surface area contributed by atoms with Crippen molar-refractivity contribution >= 4 is 54.6 Å². The summed E-state index contributed by atoms with van der Waals surface area (Å²) in [6.07, 6.45) is 3.29. The van der Waals surface area contributed by atoms with Gasteiger partial charge in [0.15, 0.2) is 11.0 Å². The van der Waals surface area contributed by atoms with Gasteiger partial charge in [0, 0.05) is 74.6 Å². The molecule has 4 aromatic heterocycles. The van der Waals surface area contributed by atoms with Crippen molar-refractivity contribution in [3.8, 4) is 67.8 Å². The number of fused-ring (bicyclic) bond motifs is 13. The van der Waals surface area contributed by atoms with Gasteiger partial charge in [0.05, 0.1) is 33.0 Å². The van der Waals surface area contributed by atoms with Crippen LogP contribution in [0.4, 0.5) is 0 Å². The second-order valence-electron chi connectivity index (χ2n) is 19.8. The Morgan fingerprint density at radius 2 is 1.07 bits per heavy atom. The van der Waals surface area contributed by atoms with Crippen molar-refractivity contribution in [3.63, 3.8) is 0 Å². The number of imidazole rings is 1. The molecule has 5 heterocycles. The largest absolute Gasteiger partial charge is 0.457 e. The van der Waals surface area contributed by atoms with E-state index in [1.54, 1.807) is 82.1 Å². The fraction of sp³-hybridized carbons (Fsp3) is 0.118. The van der Waals surface area contributed by atoms with Gasteiger partial charge in [0.2, 0.25) is 0 Å². The van der Waals surface area contributed by atoms with Gasteiger partial charge in [-0.3, -0.25) is 4.57 Å². The Hall–Kier alpha value is -9.00. The second kappa shape index (κ2) is 16.3. The fourth-order valence-corrected chi connectivity index (χ4v) is 11.0. The molecule has 0 atom stereocenters. The van der Waals surface area contributed by atoms with Gasteiger partial charge in [-0.2, -0.15) is 9.13 Å². The smallest absolute Gasteiger partial charge is 0.255 e. The zero-order valence-corrected chi connectivity index (χ0v) is 40.3. The fourth-order valence-electron chi connectivity index (χ4n) is 11.0. The van der Waals surface area contributed by atoms with Crippen LogP contribution in [-0.4, -0.2) is 18.7 Å². The molecule has 1 aliphatic heterocycles. The van der Waals surface area contributed by atoms with Crippen LogP contribution in [0.5, 0.6) is 11.5 Å². The maximum atomic E-state index is 10.0. The molecule has 0 spiro atoms. The van der Waals surface area contributed by atoms with E-state index in [-0.39, 0.29) is 44.4 Å². The lowest BCUT2D eigenvalue weighted by Gasteiger charge is -2.26. The van der Waals surface area contributed by atoms with Gasteiger partial charge < -0.3 is 9.30 Å². The SMILES string of the molecule is [2H]c1c([2H])c([2H])c2c(c1[2H])-c1cc(-n3c4ccccc4c4ccccc43)cc(C(C([2H])([2H])[2H])(C([2H])([2H])[2H])C([2H])([2H])[2H])c1-[n+]1cn(-c3cccc(Oc4ccc5c6ccccc6n(-c6cc(C(C)(C)C)ccn6)c5c4)c3)c3cccc(c31)-c1c([2H])c([2H])c([2H])c([2H])c1-2. The van der Waals surface area contributed by atoms with E-state index in [0.29, 0.717) is 44.8 Å². The normalized spacial score (nSPS) is 16.3. The number of ether oxygens (including phenoxy) is 1. The van der Waals surface area contributed by atoms with E-state index in [1.165, 1.54) is 23.0 Å². The molecule has 6 heteroatoms. The van der Waals surface area contributed by atoms with E-state index in [1.807, 2.05) is 66.7 Å². The molecule has 0 aliphatic carbocycles. The summed E-state index contributed by atoms with van der Waals surface area (Å²) < 4.78 is 175. The number of rotatable bonds is 5. The van der Waals surface area contributed by atoms with Crippen LogP contribution in [-0.2, 0) is 10.8 Å². The quantitative estimate of drug-likeness (QED) is 0.161. The van der Waals surface area contributed by atoms with Crippen LogP contribution in [0.2, 0.25) is 0 Å². The van der Waals surface area contributed by atoms with Crippen molar-refractivity contribution in [1.29, 1.82) is 0 Å². The molecule has 0 saturated carbocycles. The Balaban J connectivity index is 1.11. The predicted octanol–water partition coefficient (Wildman–Crippen LogP) is 17.2. The van der Waals surface area contributed by atoms with Crippen LogP contribution in [0.15, 0.2) is 219 Å². The van der Waals surface area contributed by atoms with Gasteiger partial charge in [-0.05, 0) is 118 Å². The zero-order chi connectivity index (χ0) is 64.5. The Bertz CT molecular complexity index is 5190. The number of pyridine rings is 1. The first kappa shape index (κ1) is 29.5. The molecule has 0 unspecified atom stereocenters. The highest BCUT2D eigenvalue weighted by Gasteiger charge is 2.34. The lowest BCUT2D eigenvalue weighted by molar-refractivity contribution is -0.567. The highest BCUT2D eigenvalue weighted by molar-refractivity contribution is 6.11. The summed E-state index contributed by atoms with van der Waals surface area (Å²) in [5.74, 6) is 1.51. The van der Waals surface area contributed by atoms with Crippen molar-refractivity contribution in [1.82, 2.24) is 18.7 Å². The summed E-state index contributed by atoms with van der Waals surface area (Å²) in [5, 5.41) is 3.38. The minimum atomic E-state index is -3.92. The number of nitrogens with zero attached hydrogens (tertiary/aromatic N) is 5. The van der Waals surface area contributed by atoms with E-state index >= 15 is 0 Å². The predicted molar refractivity (Wildman–Crippen MR) is 305 cm³/mol. The minimum absolute atomic E-state index is 0.00345. The topological polar surface area (TPSA) is 40.8 Å². The Kier molecular flexibility index (Phi) is 6.48. The zero-order valence-electron chi connectivity index (χ0n) is 57.3. The molecule has 9 aromatic carbocycles. The van der Waals surface area contributed by atoms with Crippen molar-refractivity contribution in [2.45, 2.75) is 52.2 Å². The lowest BCUT2D eigenvalue weighted by atomic mass is 9.81. The monoisotopic (exact) mass is 974 g/mol. The minimum Gasteiger partial charge on any atom is -0.457 e. The van der Waals surface area contributed by atoms with Gasteiger partial charge in [-0.15, -0.1) is 0 Å². The number of hydrogen-bond acceptors (Lipinski definition) is 2. The number of benzene rings is 9. The second-order valence-corrected chi connectivity index (χ2v) is 19.8. The van der Waals surface area contributed by atoms with Crippen molar-refractivity contribution < 1.29 is 32.6 Å². The molecular weight excluding hydrogens is 903 g/mol. The third-order valence-corrected chi connectivity index (χ3v) is 14.3. The van der Waals surface area contributed by atoms with Gasteiger partial charge >= 0.3 is 0 Å². The molecule has 74 heavy (non-hydrogen) atoms. The van der Waals surface area contributed by atoms with Crippen LogP contribution in [0, 0.1) is 0 Å². The van der Waals surface area contributed by atoms with Crippen LogP contribution < -0.4 is 9.30 Å². The van der Waals surface area contributed by atoms with Crippen molar-refractivity contribution in [3.05, 3.63) is 230 Å². The molecule has 0 saturated heterocycles. The summed E-state index contributed by atoms with van der Waals surface area (Å²) in [4.78, 5) is 4.84. The molecule has 13 aromatic rings. The molecule has 0 bridgehead atoms. The van der Waals surface area contributed by atoms with E-state index < -0.39 is 96.7 Å². The Morgan fingerprint density at radius 3 is 1.73 bits per heavy atom. The first-order chi connectivity index (χ1) is 43.0. The van der Waals surface area contributed by atoms with Crippen LogP contribution >= 0.6 is 0 Å². The Morgan fingerprint density at radius 1 is 0.486 bits per heavy atom. The molecule has 0 N–H and O–H groups in total. The summed E-state index contributed by atoms with van der Waals surface area (Å²) in [6.45, 7) is -5.33. The summed E-state index contributed by atoms with van der Waals surface area (Å²) in [6, 6.07) is 41.1. The highest BCUT2D eigenvalue weighted by atomic mass is 16.5. The van der Waals surface area contributed by atoms with Gasteiger partial charge in [-0.1, -0.05) is 156 Å². The molecule has 356 valence electrons.